The number of nitrogens with one attached hydrogen (secondary N) is 4. The summed E-state index contributed by atoms with van der Waals surface area (Å²) in [5, 5.41) is 11.4. The summed E-state index contributed by atoms with van der Waals surface area (Å²) < 4.78 is 5.37. The molecule has 4 aromatic rings. The van der Waals surface area contributed by atoms with Crippen LogP contribution in [0.5, 0.6) is 5.75 Å². The van der Waals surface area contributed by atoms with Crippen molar-refractivity contribution in [2.45, 2.75) is 18.9 Å². The van der Waals surface area contributed by atoms with Gasteiger partial charge < -0.3 is 25.7 Å². The third-order valence-corrected chi connectivity index (χ3v) is 5.76. The number of rotatable bonds is 8. The number of hydrogen-bond donors (Lipinski definition) is 4. The minimum absolute atomic E-state index is 0.446. The number of nitrogens with zero attached hydrogens (tertiary/aromatic N) is 2. The molecular weight excluding hydrogens is 388 g/mol. The molecule has 158 valence electrons. The molecule has 1 atom stereocenters. The third kappa shape index (κ3) is 4.26. The van der Waals surface area contributed by atoms with Gasteiger partial charge in [0.25, 0.3) is 0 Å². The van der Waals surface area contributed by atoms with Crippen LogP contribution in [0.3, 0.4) is 0 Å². The highest BCUT2D eigenvalue weighted by molar-refractivity contribution is 5.79. The Morgan fingerprint density at radius 2 is 2.06 bits per heavy atom. The maximum atomic E-state index is 5.37. The zero-order valence-electron chi connectivity index (χ0n) is 17.5. The van der Waals surface area contributed by atoms with Gasteiger partial charge in [0.2, 0.25) is 5.95 Å². The zero-order valence-corrected chi connectivity index (χ0v) is 17.5. The van der Waals surface area contributed by atoms with Gasteiger partial charge in [-0.15, -0.1) is 0 Å². The first-order valence-corrected chi connectivity index (χ1v) is 10.6. The smallest absolute Gasteiger partial charge is 0.224 e. The van der Waals surface area contributed by atoms with Crippen LogP contribution >= 0.6 is 0 Å². The number of methoxy groups -OCH3 is 1. The first-order chi connectivity index (χ1) is 15.3. The fraction of sp³-hybridized carbons (Fsp3) is 0.250. The standard InChI is InChI=1S/C24H26N6O/c1-31-19-4-5-21-20(13-19)18(15-28-21)7-10-26-24-27-11-8-23(30-24)29-14-16-2-3-17-6-9-25-22(17)12-16/h2-6,8-9,11-13,18,25,28H,7,10,14-15H2,1H3,(H2,26,27,29,30). The molecule has 0 aliphatic carbocycles. The molecule has 0 spiro atoms. The predicted octanol–water partition coefficient (Wildman–Crippen LogP) is 4.59. The molecule has 2 aromatic heterocycles. The summed E-state index contributed by atoms with van der Waals surface area (Å²) in [6, 6.07) is 16.6. The summed E-state index contributed by atoms with van der Waals surface area (Å²) in [7, 11) is 1.71. The molecule has 31 heavy (non-hydrogen) atoms. The van der Waals surface area contributed by atoms with E-state index in [1.165, 1.54) is 22.2 Å². The molecule has 5 rings (SSSR count). The lowest BCUT2D eigenvalue weighted by molar-refractivity contribution is 0.414. The normalized spacial score (nSPS) is 14.8. The van der Waals surface area contributed by atoms with Crippen LogP contribution in [0.4, 0.5) is 17.5 Å². The predicted molar refractivity (Wildman–Crippen MR) is 125 cm³/mol. The highest BCUT2D eigenvalue weighted by Gasteiger charge is 2.22. The molecule has 0 radical (unpaired) electrons. The molecule has 1 aliphatic heterocycles. The number of aromatic amines is 1. The van der Waals surface area contributed by atoms with E-state index in [1.807, 2.05) is 18.3 Å². The summed E-state index contributed by atoms with van der Waals surface area (Å²) in [4.78, 5) is 12.2. The molecule has 3 heterocycles. The van der Waals surface area contributed by atoms with E-state index in [0.29, 0.717) is 18.4 Å². The Bertz CT molecular complexity index is 1190. The quantitative estimate of drug-likeness (QED) is 0.337. The van der Waals surface area contributed by atoms with Gasteiger partial charge in [0, 0.05) is 49.1 Å². The summed E-state index contributed by atoms with van der Waals surface area (Å²) in [6.07, 6.45) is 4.73. The topological polar surface area (TPSA) is 86.9 Å². The second-order valence-electron chi connectivity index (χ2n) is 7.76. The van der Waals surface area contributed by atoms with Crippen LogP contribution < -0.4 is 20.7 Å². The number of ether oxygens (including phenoxy) is 1. The Kier molecular flexibility index (Phi) is 5.31. The number of anilines is 3. The first kappa shape index (κ1) is 19.2. The SMILES string of the molecule is COc1ccc2c(c1)C(CCNc1nccc(NCc3ccc4cc[nH]c4c3)n1)CN2. The molecule has 1 aliphatic rings. The van der Waals surface area contributed by atoms with Crippen LogP contribution in [-0.2, 0) is 6.54 Å². The van der Waals surface area contributed by atoms with Gasteiger partial charge in [0.15, 0.2) is 0 Å². The second kappa shape index (κ2) is 8.55. The Balaban J connectivity index is 1.16. The molecule has 0 fully saturated rings. The average molecular weight is 415 g/mol. The Morgan fingerprint density at radius 1 is 1.10 bits per heavy atom. The van der Waals surface area contributed by atoms with Gasteiger partial charge in [0.1, 0.15) is 11.6 Å². The lowest BCUT2D eigenvalue weighted by Gasteiger charge is -2.12. The highest BCUT2D eigenvalue weighted by atomic mass is 16.5. The molecule has 4 N–H and O–H groups in total. The summed E-state index contributed by atoms with van der Waals surface area (Å²) >= 11 is 0. The van der Waals surface area contributed by atoms with Crippen molar-refractivity contribution in [2.75, 3.05) is 36.1 Å². The fourth-order valence-electron chi connectivity index (χ4n) is 4.07. The van der Waals surface area contributed by atoms with Crippen molar-refractivity contribution in [1.82, 2.24) is 15.0 Å². The molecule has 0 bridgehead atoms. The van der Waals surface area contributed by atoms with E-state index in [0.717, 1.165) is 36.6 Å². The Morgan fingerprint density at radius 3 is 3.00 bits per heavy atom. The monoisotopic (exact) mass is 414 g/mol. The van der Waals surface area contributed by atoms with E-state index in [1.54, 1.807) is 13.3 Å². The van der Waals surface area contributed by atoms with Crippen LogP contribution in [0.1, 0.15) is 23.5 Å². The van der Waals surface area contributed by atoms with Crippen LogP contribution in [0, 0.1) is 0 Å². The third-order valence-electron chi connectivity index (χ3n) is 5.76. The Hall–Kier alpha value is -3.74. The van der Waals surface area contributed by atoms with Crippen LogP contribution in [0.25, 0.3) is 10.9 Å². The molecule has 0 amide bonds. The summed E-state index contributed by atoms with van der Waals surface area (Å²) in [5.74, 6) is 2.79. The highest BCUT2D eigenvalue weighted by Crippen LogP contribution is 2.36. The van der Waals surface area contributed by atoms with Crippen molar-refractivity contribution < 1.29 is 4.74 Å². The van der Waals surface area contributed by atoms with Gasteiger partial charge in [-0.1, -0.05) is 12.1 Å². The van der Waals surface area contributed by atoms with Crippen molar-refractivity contribution in [3.8, 4) is 5.75 Å². The zero-order chi connectivity index (χ0) is 21.0. The number of aromatic nitrogens is 3. The van der Waals surface area contributed by atoms with E-state index in [2.05, 4.69) is 67.3 Å². The van der Waals surface area contributed by atoms with Crippen molar-refractivity contribution >= 4 is 28.4 Å². The van der Waals surface area contributed by atoms with Gasteiger partial charge in [-0.3, -0.25) is 0 Å². The fourth-order valence-corrected chi connectivity index (χ4v) is 4.07. The van der Waals surface area contributed by atoms with Crippen LogP contribution in [0.15, 0.2) is 60.9 Å². The van der Waals surface area contributed by atoms with Gasteiger partial charge in [-0.2, -0.15) is 4.98 Å². The second-order valence-corrected chi connectivity index (χ2v) is 7.76. The lowest BCUT2D eigenvalue weighted by atomic mass is 9.98. The maximum absolute atomic E-state index is 5.37. The van der Waals surface area contributed by atoms with E-state index in [9.17, 15) is 0 Å². The van der Waals surface area contributed by atoms with E-state index >= 15 is 0 Å². The van der Waals surface area contributed by atoms with Crippen molar-refractivity contribution in [3.63, 3.8) is 0 Å². The Labute approximate surface area is 181 Å². The number of fused-ring (bicyclic) bond motifs is 2. The molecule has 7 heteroatoms. The summed E-state index contributed by atoms with van der Waals surface area (Å²) in [6.45, 7) is 2.45. The number of hydrogen-bond acceptors (Lipinski definition) is 6. The lowest BCUT2D eigenvalue weighted by Crippen LogP contribution is -2.12. The average Bonchev–Trinajstić information content (AvgIpc) is 3.44. The number of benzene rings is 2. The first-order valence-electron chi connectivity index (χ1n) is 10.6. The maximum Gasteiger partial charge on any atom is 0.224 e. The molecular formula is C24H26N6O. The van der Waals surface area contributed by atoms with Gasteiger partial charge in [-0.05, 0) is 59.3 Å². The van der Waals surface area contributed by atoms with Crippen molar-refractivity contribution in [3.05, 3.63) is 72.1 Å². The van der Waals surface area contributed by atoms with E-state index < -0.39 is 0 Å². The van der Waals surface area contributed by atoms with Gasteiger partial charge in [0.05, 0.1) is 7.11 Å². The van der Waals surface area contributed by atoms with Gasteiger partial charge in [-0.25, -0.2) is 4.98 Å². The minimum Gasteiger partial charge on any atom is -0.497 e. The van der Waals surface area contributed by atoms with E-state index in [4.69, 9.17) is 4.74 Å². The molecule has 0 saturated carbocycles. The largest absolute Gasteiger partial charge is 0.497 e. The van der Waals surface area contributed by atoms with Crippen LogP contribution in [0.2, 0.25) is 0 Å². The molecule has 0 saturated heterocycles. The van der Waals surface area contributed by atoms with Gasteiger partial charge >= 0.3 is 0 Å². The summed E-state index contributed by atoms with van der Waals surface area (Å²) in [5.41, 5.74) is 4.86. The van der Waals surface area contributed by atoms with Crippen LogP contribution in [-0.4, -0.2) is 35.2 Å². The number of H-pyrrole nitrogens is 1. The molecule has 1 unspecified atom stereocenters. The molecule has 2 aromatic carbocycles. The van der Waals surface area contributed by atoms with E-state index in [-0.39, 0.29) is 0 Å². The minimum atomic E-state index is 0.446. The van der Waals surface area contributed by atoms with Crippen molar-refractivity contribution in [1.29, 1.82) is 0 Å². The van der Waals surface area contributed by atoms with Crippen molar-refractivity contribution in [2.24, 2.45) is 0 Å². The molecule has 7 nitrogen and oxygen atoms in total.